The number of hydrogen-bond donors (Lipinski definition) is 2. The fraction of sp³-hybridized carbons (Fsp3) is 0.320. The zero-order valence-electron chi connectivity index (χ0n) is 18.5. The molecule has 0 amide bonds. The predicted molar refractivity (Wildman–Crippen MR) is 124 cm³/mol. The monoisotopic (exact) mass is 450 g/mol. The Morgan fingerprint density at radius 2 is 1.94 bits per heavy atom. The number of aliphatic carboxylic acids is 1. The molecule has 1 aliphatic heterocycles. The molecule has 2 heterocycles. The number of nitrogens with zero attached hydrogens (tertiary/aromatic N) is 3. The van der Waals surface area contributed by atoms with Crippen molar-refractivity contribution in [3.8, 4) is 11.1 Å². The molecule has 1 unspecified atom stereocenters. The van der Waals surface area contributed by atoms with E-state index in [2.05, 4.69) is 10.1 Å². The molecule has 0 radical (unpaired) electrons. The van der Waals surface area contributed by atoms with Gasteiger partial charge >= 0.3 is 5.97 Å². The summed E-state index contributed by atoms with van der Waals surface area (Å²) in [4.78, 5) is 17.9. The number of aliphatic imine (C=N–C) groups is 1. The van der Waals surface area contributed by atoms with Crippen molar-refractivity contribution in [2.24, 2.45) is 10.7 Å². The third-order valence-electron chi connectivity index (χ3n) is 6.00. The summed E-state index contributed by atoms with van der Waals surface area (Å²) in [6.07, 6.45) is 2.90. The molecule has 1 saturated heterocycles. The number of piperidine rings is 1. The minimum Gasteiger partial charge on any atom is -0.481 e. The molecular weight excluding hydrogens is 423 g/mol. The molecule has 1 aromatic heterocycles. The van der Waals surface area contributed by atoms with Crippen LogP contribution in [0.2, 0.25) is 0 Å². The Morgan fingerprint density at radius 1 is 1.21 bits per heavy atom. The van der Waals surface area contributed by atoms with Crippen molar-refractivity contribution in [3.63, 3.8) is 0 Å². The molecule has 172 valence electrons. The third-order valence-corrected chi connectivity index (χ3v) is 6.00. The first-order chi connectivity index (χ1) is 15.9. The van der Waals surface area contributed by atoms with Crippen molar-refractivity contribution in [2.45, 2.75) is 38.5 Å². The molecule has 0 spiro atoms. The molecule has 1 aliphatic rings. The summed E-state index contributed by atoms with van der Waals surface area (Å²) >= 11 is 0. The Balaban J connectivity index is 1.65. The highest BCUT2D eigenvalue weighted by Crippen LogP contribution is 2.34. The van der Waals surface area contributed by atoms with E-state index in [1.807, 2.05) is 48.2 Å². The van der Waals surface area contributed by atoms with Gasteiger partial charge in [-0.2, -0.15) is 4.99 Å². The lowest BCUT2D eigenvalue weighted by atomic mass is 9.92. The molecule has 0 aliphatic carbocycles. The molecule has 1 atom stereocenters. The summed E-state index contributed by atoms with van der Waals surface area (Å²) in [7, 11) is 0. The zero-order valence-corrected chi connectivity index (χ0v) is 18.5. The molecule has 1 fully saturated rings. The number of halogens is 1. The van der Waals surface area contributed by atoms with Crippen LogP contribution in [0.1, 0.15) is 49.0 Å². The van der Waals surface area contributed by atoms with Crippen molar-refractivity contribution in [2.75, 3.05) is 13.1 Å². The normalized spacial score (nSPS) is 15.5. The Labute approximate surface area is 191 Å². The van der Waals surface area contributed by atoms with Gasteiger partial charge in [0.05, 0.1) is 12.0 Å². The summed E-state index contributed by atoms with van der Waals surface area (Å²) in [5.41, 5.74) is 8.44. The summed E-state index contributed by atoms with van der Waals surface area (Å²) in [5.74, 6) is -1.03. The van der Waals surface area contributed by atoms with Gasteiger partial charge in [0.2, 0.25) is 5.82 Å². The largest absolute Gasteiger partial charge is 0.481 e. The highest BCUT2D eigenvalue weighted by molar-refractivity contribution is 5.82. The molecule has 33 heavy (non-hydrogen) atoms. The summed E-state index contributed by atoms with van der Waals surface area (Å²) < 4.78 is 20.5. The van der Waals surface area contributed by atoms with Gasteiger partial charge in [0.15, 0.2) is 5.96 Å². The van der Waals surface area contributed by atoms with Crippen molar-refractivity contribution < 1.29 is 18.8 Å². The van der Waals surface area contributed by atoms with Crippen LogP contribution in [0.15, 0.2) is 58.0 Å². The van der Waals surface area contributed by atoms with E-state index in [0.717, 1.165) is 37.9 Å². The SMILES string of the molecule is CC(c1ccc(-c2ccccc2)c(F)c1)c1onc(N=C(N)N2CCCCC2)c1CC(=O)O. The summed E-state index contributed by atoms with van der Waals surface area (Å²) in [5, 5.41) is 13.5. The fourth-order valence-corrected chi connectivity index (χ4v) is 4.16. The number of nitrogens with two attached hydrogens (primary N) is 1. The van der Waals surface area contributed by atoms with Crippen LogP contribution in [-0.2, 0) is 11.2 Å². The van der Waals surface area contributed by atoms with Gasteiger partial charge in [0.25, 0.3) is 0 Å². The highest BCUT2D eigenvalue weighted by atomic mass is 19.1. The van der Waals surface area contributed by atoms with Crippen LogP contribution in [0.3, 0.4) is 0 Å². The third kappa shape index (κ3) is 5.05. The molecule has 8 heteroatoms. The zero-order chi connectivity index (χ0) is 23.4. The highest BCUT2D eigenvalue weighted by Gasteiger charge is 2.25. The molecule has 2 aromatic carbocycles. The lowest BCUT2D eigenvalue weighted by Gasteiger charge is -2.27. The first-order valence-corrected chi connectivity index (χ1v) is 11.1. The first kappa shape index (κ1) is 22.5. The van der Waals surface area contributed by atoms with E-state index >= 15 is 0 Å². The van der Waals surface area contributed by atoms with E-state index in [-0.39, 0.29) is 18.1 Å². The van der Waals surface area contributed by atoms with Gasteiger partial charge in [-0.1, -0.05) is 54.5 Å². The van der Waals surface area contributed by atoms with Crippen LogP contribution in [0.25, 0.3) is 11.1 Å². The molecule has 7 nitrogen and oxygen atoms in total. The topological polar surface area (TPSA) is 105 Å². The fourth-order valence-electron chi connectivity index (χ4n) is 4.16. The van der Waals surface area contributed by atoms with Crippen molar-refractivity contribution in [1.29, 1.82) is 0 Å². The van der Waals surface area contributed by atoms with E-state index < -0.39 is 11.9 Å². The molecule has 4 rings (SSSR count). The number of carboxylic acids is 1. The number of likely N-dealkylation sites (tertiary alicyclic amines) is 1. The second kappa shape index (κ2) is 9.85. The van der Waals surface area contributed by atoms with E-state index in [9.17, 15) is 14.3 Å². The van der Waals surface area contributed by atoms with Crippen molar-refractivity contribution >= 4 is 17.7 Å². The second-order valence-electron chi connectivity index (χ2n) is 8.26. The first-order valence-electron chi connectivity index (χ1n) is 11.1. The minimum atomic E-state index is -1.04. The Hall–Kier alpha value is -3.68. The van der Waals surface area contributed by atoms with Gasteiger partial charge in [-0.05, 0) is 36.5 Å². The van der Waals surface area contributed by atoms with Gasteiger partial charge in [-0.15, -0.1) is 0 Å². The number of carbonyl (C=O) groups is 1. The van der Waals surface area contributed by atoms with Crippen LogP contribution in [0, 0.1) is 5.82 Å². The lowest BCUT2D eigenvalue weighted by molar-refractivity contribution is -0.136. The Kier molecular flexibility index (Phi) is 6.72. The second-order valence-corrected chi connectivity index (χ2v) is 8.26. The van der Waals surface area contributed by atoms with Gasteiger partial charge < -0.3 is 20.3 Å². The van der Waals surface area contributed by atoms with Gasteiger partial charge in [0.1, 0.15) is 11.6 Å². The summed E-state index contributed by atoms with van der Waals surface area (Å²) in [6, 6.07) is 14.3. The van der Waals surface area contributed by atoms with Crippen molar-refractivity contribution in [1.82, 2.24) is 10.1 Å². The average molecular weight is 451 g/mol. The van der Waals surface area contributed by atoms with E-state index in [0.29, 0.717) is 28.4 Å². The van der Waals surface area contributed by atoms with Gasteiger partial charge in [-0.3, -0.25) is 4.79 Å². The molecule has 0 bridgehead atoms. The number of guanidine groups is 1. The Morgan fingerprint density at radius 3 is 2.61 bits per heavy atom. The van der Waals surface area contributed by atoms with Crippen LogP contribution in [0.5, 0.6) is 0 Å². The van der Waals surface area contributed by atoms with Crippen LogP contribution >= 0.6 is 0 Å². The number of hydrogen-bond acceptors (Lipinski definition) is 4. The number of rotatable bonds is 6. The van der Waals surface area contributed by atoms with Crippen LogP contribution < -0.4 is 5.73 Å². The van der Waals surface area contributed by atoms with Crippen LogP contribution in [-0.4, -0.2) is 40.2 Å². The smallest absolute Gasteiger partial charge is 0.308 e. The minimum absolute atomic E-state index is 0.156. The molecule has 3 aromatic rings. The number of aromatic nitrogens is 1. The predicted octanol–water partition coefficient (Wildman–Crippen LogP) is 4.69. The van der Waals surface area contributed by atoms with E-state index in [1.54, 1.807) is 6.07 Å². The average Bonchev–Trinajstić information content (AvgIpc) is 3.20. The maximum atomic E-state index is 14.9. The lowest BCUT2D eigenvalue weighted by Crippen LogP contribution is -2.40. The van der Waals surface area contributed by atoms with Gasteiger partial charge in [0, 0.05) is 24.6 Å². The van der Waals surface area contributed by atoms with E-state index in [1.165, 1.54) is 6.07 Å². The van der Waals surface area contributed by atoms with Gasteiger partial charge in [-0.25, -0.2) is 4.39 Å². The molecular formula is C25H27FN4O3. The molecule has 3 N–H and O–H groups in total. The maximum Gasteiger partial charge on any atom is 0.308 e. The van der Waals surface area contributed by atoms with E-state index in [4.69, 9.17) is 10.3 Å². The quantitative estimate of drug-likeness (QED) is 0.417. The summed E-state index contributed by atoms with van der Waals surface area (Å²) in [6.45, 7) is 3.43. The van der Waals surface area contributed by atoms with Crippen LogP contribution in [0.4, 0.5) is 10.2 Å². The molecule has 0 saturated carbocycles. The number of benzene rings is 2. The standard InChI is InChI=1S/C25H27FN4O3/c1-16(18-10-11-19(21(26)14-18)17-8-4-2-5-9-17)23-20(15-22(31)32)24(29-33-23)28-25(27)30-12-6-3-7-13-30/h2,4-5,8-11,14,16H,3,6-7,12-13,15H2,1H3,(H,31,32)(H2,27,28,29). The van der Waals surface area contributed by atoms with Crippen molar-refractivity contribution in [3.05, 3.63) is 71.2 Å². The Bertz CT molecular complexity index is 1150. The maximum absolute atomic E-state index is 14.9. The number of carboxylic acid groups (broad SMARTS) is 1.